The first-order valence-corrected chi connectivity index (χ1v) is 6.07. The van der Waals surface area contributed by atoms with E-state index >= 15 is 0 Å². The van der Waals surface area contributed by atoms with E-state index in [-0.39, 0.29) is 0 Å². The van der Waals surface area contributed by atoms with E-state index in [4.69, 9.17) is 0 Å². The van der Waals surface area contributed by atoms with Gasteiger partial charge >= 0.3 is 0 Å². The second-order valence-electron chi connectivity index (χ2n) is 3.77. The molecular weight excluding hydrogens is 166 g/mol. The van der Waals surface area contributed by atoms with E-state index in [0.29, 0.717) is 6.04 Å². The van der Waals surface area contributed by atoms with Crippen LogP contribution in [-0.2, 0) is 0 Å². The van der Waals surface area contributed by atoms with Crippen LogP contribution in [0.15, 0.2) is 0 Å². The predicted molar refractivity (Wildman–Crippen MR) is 59.9 cm³/mol. The summed E-state index contributed by atoms with van der Waals surface area (Å²) in [5, 5.41) is 3.25. The standard InChI is InChI=1S/C10H23NS/c1-9(2)5-7-12-8-6-10(3)11-4/h9-11H,5-8H2,1-4H3. The minimum Gasteiger partial charge on any atom is -0.317 e. The van der Waals surface area contributed by atoms with Crippen molar-refractivity contribution >= 4 is 11.8 Å². The molecule has 0 amide bonds. The normalized spacial score (nSPS) is 13.8. The predicted octanol–water partition coefficient (Wildman–Crippen LogP) is 2.76. The monoisotopic (exact) mass is 189 g/mol. The summed E-state index contributed by atoms with van der Waals surface area (Å²) in [6.07, 6.45) is 2.65. The van der Waals surface area contributed by atoms with Gasteiger partial charge in [-0.25, -0.2) is 0 Å². The maximum Gasteiger partial charge on any atom is 0.00435 e. The summed E-state index contributed by atoms with van der Waals surface area (Å²) in [5.41, 5.74) is 0. The van der Waals surface area contributed by atoms with Gasteiger partial charge in [-0.3, -0.25) is 0 Å². The number of thioether (sulfide) groups is 1. The summed E-state index contributed by atoms with van der Waals surface area (Å²) < 4.78 is 0. The average Bonchev–Trinajstić information content (AvgIpc) is 2.03. The lowest BCUT2D eigenvalue weighted by molar-refractivity contribution is 0.596. The Bertz CT molecular complexity index is 93.8. The minimum atomic E-state index is 0.677. The quantitative estimate of drug-likeness (QED) is 0.618. The molecule has 1 atom stereocenters. The van der Waals surface area contributed by atoms with Crippen molar-refractivity contribution in [2.75, 3.05) is 18.6 Å². The first-order valence-electron chi connectivity index (χ1n) is 4.91. The molecule has 0 radical (unpaired) electrons. The van der Waals surface area contributed by atoms with Crippen molar-refractivity contribution in [1.82, 2.24) is 5.32 Å². The summed E-state index contributed by atoms with van der Waals surface area (Å²) in [7, 11) is 2.03. The fourth-order valence-corrected chi connectivity index (χ4v) is 2.19. The third-order valence-electron chi connectivity index (χ3n) is 2.03. The van der Waals surface area contributed by atoms with Crippen LogP contribution in [-0.4, -0.2) is 24.6 Å². The summed E-state index contributed by atoms with van der Waals surface area (Å²) >= 11 is 2.09. The van der Waals surface area contributed by atoms with Gasteiger partial charge in [0.1, 0.15) is 0 Å². The molecule has 1 N–H and O–H groups in total. The molecule has 0 aliphatic carbocycles. The third-order valence-corrected chi connectivity index (χ3v) is 3.08. The van der Waals surface area contributed by atoms with E-state index < -0.39 is 0 Å². The second-order valence-corrected chi connectivity index (χ2v) is 5.00. The van der Waals surface area contributed by atoms with Crippen molar-refractivity contribution in [3.8, 4) is 0 Å². The molecule has 0 fully saturated rings. The fraction of sp³-hybridized carbons (Fsp3) is 1.00. The van der Waals surface area contributed by atoms with E-state index in [9.17, 15) is 0 Å². The van der Waals surface area contributed by atoms with Gasteiger partial charge in [0.2, 0.25) is 0 Å². The van der Waals surface area contributed by atoms with Crippen LogP contribution in [0.4, 0.5) is 0 Å². The van der Waals surface area contributed by atoms with Crippen LogP contribution < -0.4 is 5.32 Å². The lowest BCUT2D eigenvalue weighted by Gasteiger charge is -2.09. The van der Waals surface area contributed by atoms with Crippen LogP contribution in [0.3, 0.4) is 0 Å². The molecule has 0 saturated heterocycles. The Morgan fingerprint density at radius 1 is 1.08 bits per heavy atom. The molecule has 0 aliphatic rings. The Morgan fingerprint density at radius 3 is 2.17 bits per heavy atom. The molecule has 0 spiro atoms. The number of rotatable bonds is 7. The summed E-state index contributed by atoms with van der Waals surface area (Å²) in [4.78, 5) is 0. The molecular formula is C10H23NS. The molecule has 74 valence electrons. The van der Waals surface area contributed by atoms with Crippen LogP contribution in [0.5, 0.6) is 0 Å². The highest BCUT2D eigenvalue weighted by Gasteiger charge is 1.98. The zero-order chi connectivity index (χ0) is 9.40. The fourth-order valence-electron chi connectivity index (χ4n) is 0.826. The summed E-state index contributed by atoms with van der Waals surface area (Å²) in [5.74, 6) is 3.49. The van der Waals surface area contributed by atoms with Gasteiger partial charge < -0.3 is 5.32 Å². The Balaban J connectivity index is 3.00. The Kier molecular flexibility index (Phi) is 8.14. The van der Waals surface area contributed by atoms with Crippen molar-refractivity contribution in [2.24, 2.45) is 5.92 Å². The van der Waals surface area contributed by atoms with Crippen molar-refractivity contribution in [3.63, 3.8) is 0 Å². The van der Waals surface area contributed by atoms with Gasteiger partial charge in [0.15, 0.2) is 0 Å². The molecule has 0 saturated carbocycles. The highest BCUT2D eigenvalue weighted by atomic mass is 32.2. The van der Waals surface area contributed by atoms with E-state index in [1.165, 1.54) is 24.3 Å². The maximum atomic E-state index is 3.25. The van der Waals surface area contributed by atoms with Gasteiger partial charge in [-0.1, -0.05) is 13.8 Å². The molecule has 1 unspecified atom stereocenters. The summed E-state index contributed by atoms with van der Waals surface area (Å²) in [6, 6.07) is 0.677. The molecule has 0 aromatic heterocycles. The van der Waals surface area contributed by atoms with Crippen molar-refractivity contribution in [3.05, 3.63) is 0 Å². The smallest absolute Gasteiger partial charge is 0.00435 e. The van der Waals surface area contributed by atoms with Crippen LogP contribution in [0.25, 0.3) is 0 Å². The molecule has 0 aromatic rings. The van der Waals surface area contributed by atoms with Crippen LogP contribution >= 0.6 is 11.8 Å². The van der Waals surface area contributed by atoms with Gasteiger partial charge in [0.25, 0.3) is 0 Å². The molecule has 0 aliphatic heterocycles. The van der Waals surface area contributed by atoms with E-state index in [1.807, 2.05) is 7.05 Å². The van der Waals surface area contributed by atoms with E-state index in [2.05, 4.69) is 37.8 Å². The lowest BCUT2D eigenvalue weighted by Crippen LogP contribution is -2.21. The number of hydrogen-bond acceptors (Lipinski definition) is 2. The molecule has 0 heterocycles. The molecule has 0 rings (SSSR count). The van der Waals surface area contributed by atoms with Gasteiger partial charge in [-0.15, -0.1) is 0 Å². The van der Waals surface area contributed by atoms with Gasteiger partial charge in [-0.05, 0) is 44.2 Å². The number of nitrogens with one attached hydrogen (secondary N) is 1. The Morgan fingerprint density at radius 2 is 1.67 bits per heavy atom. The molecule has 0 bridgehead atoms. The van der Waals surface area contributed by atoms with Gasteiger partial charge in [-0.2, -0.15) is 11.8 Å². The van der Waals surface area contributed by atoms with Gasteiger partial charge in [0, 0.05) is 6.04 Å². The lowest BCUT2D eigenvalue weighted by atomic mass is 10.2. The Labute approximate surface area is 81.7 Å². The second kappa shape index (κ2) is 7.93. The molecule has 12 heavy (non-hydrogen) atoms. The van der Waals surface area contributed by atoms with Crippen molar-refractivity contribution in [2.45, 2.75) is 39.7 Å². The first-order chi connectivity index (χ1) is 5.66. The largest absolute Gasteiger partial charge is 0.317 e. The topological polar surface area (TPSA) is 12.0 Å². The van der Waals surface area contributed by atoms with Crippen LogP contribution in [0.1, 0.15) is 33.6 Å². The number of hydrogen-bond donors (Lipinski definition) is 1. The zero-order valence-electron chi connectivity index (χ0n) is 8.89. The molecule has 1 nitrogen and oxygen atoms in total. The maximum absolute atomic E-state index is 3.25. The first kappa shape index (κ1) is 12.3. The zero-order valence-corrected chi connectivity index (χ0v) is 9.71. The summed E-state index contributed by atoms with van der Waals surface area (Å²) in [6.45, 7) is 6.82. The van der Waals surface area contributed by atoms with Crippen LogP contribution in [0.2, 0.25) is 0 Å². The molecule has 0 aromatic carbocycles. The highest BCUT2D eigenvalue weighted by Crippen LogP contribution is 2.10. The minimum absolute atomic E-state index is 0.677. The Hall–Kier alpha value is 0.310. The van der Waals surface area contributed by atoms with Crippen molar-refractivity contribution < 1.29 is 0 Å². The highest BCUT2D eigenvalue weighted by molar-refractivity contribution is 7.99. The van der Waals surface area contributed by atoms with Crippen molar-refractivity contribution in [1.29, 1.82) is 0 Å². The molecule has 2 heteroatoms. The average molecular weight is 189 g/mol. The van der Waals surface area contributed by atoms with E-state index in [1.54, 1.807) is 0 Å². The van der Waals surface area contributed by atoms with Crippen LogP contribution in [0, 0.1) is 5.92 Å². The van der Waals surface area contributed by atoms with E-state index in [0.717, 1.165) is 5.92 Å². The third kappa shape index (κ3) is 8.41. The van der Waals surface area contributed by atoms with Gasteiger partial charge in [0.05, 0.1) is 0 Å². The SMILES string of the molecule is CNC(C)CCSCCC(C)C.